The molecule has 0 aliphatic rings. The number of amides is 1. The van der Waals surface area contributed by atoms with E-state index < -0.39 is 23.7 Å². The summed E-state index contributed by atoms with van der Waals surface area (Å²) in [6.07, 6.45) is -0.526. The molecular formula is C23H37NO8. The molecule has 0 fully saturated rings. The Bertz CT molecular complexity index is 672. The SMILES string of the molecule is CCOCCOCCOCCOc1ccc(CC(C(=O)O)N(C)C(=O)OC(C)(C)C)cc1. The van der Waals surface area contributed by atoms with Crippen LogP contribution in [0.15, 0.2) is 24.3 Å². The van der Waals surface area contributed by atoms with E-state index in [1.807, 2.05) is 6.92 Å². The maximum atomic E-state index is 12.2. The number of rotatable bonds is 15. The van der Waals surface area contributed by atoms with Crippen LogP contribution >= 0.6 is 0 Å². The highest BCUT2D eigenvalue weighted by molar-refractivity contribution is 5.80. The summed E-state index contributed by atoms with van der Waals surface area (Å²) in [5.74, 6) is -0.449. The number of carboxylic acids is 1. The number of carbonyl (C=O) groups excluding carboxylic acids is 1. The summed E-state index contributed by atoms with van der Waals surface area (Å²) in [7, 11) is 1.42. The normalized spacial score (nSPS) is 12.3. The number of benzene rings is 1. The van der Waals surface area contributed by atoms with E-state index in [1.54, 1.807) is 45.0 Å². The summed E-state index contributed by atoms with van der Waals surface area (Å²) in [4.78, 5) is 25.0. The first-order chi connectivity index (χ1) is 15.1. The van der Waals surface area contributed by atoms with Crippen LogP contribution in [0.3, 0.4) is 0 Å². The molecule has 9 nitrogen and oxygen atoms in total. The molecule has 0 aromatic heterocycles. The summed E-state index contributed by atoms with van der Waals surface area (Å²) >= 11 is 0. The molecular weight excluding hydrogens is 418 g/mol. The van der Waals surface area contributed by atoms with E-state index in [0.717, 1.165) is 10.5 Å². The van der Waals surface area contributed by atoms with Crippen molar-refractivity contribution < 1.29 is 38.4 Å². The molecule has 0 bridgehead atoms. The van der Waals surface area contributed by atoms with E-state index in [2.05, 4.69) is 0 Å². The van der Waals surface area contributed by atoms with Crippen LogP contribution in [-0.4, -0.2) is 87.0 Å². The Morgan fingerprint density at radius 2 is 1.47 bits per heavy atom. The van der Waals surface area contributed by atoms with Gasteiger partial charge >= 0.3 is 12.1 Å². The number of nitrogens with zero attached hydrogens (tertiary/aromatic N) is 1. The number of hydrogen-bond donors (Lipinski definition) is 1. The number of ether oxygens (including phenoxy) is 5. The zero-order valence-electron chi connectivity index (χ0n) is 19.8. The first-order valence-electron chi connectivity index (χ1n) is 10.8. The third-order valence-corrected chi connectivity index (χ3v) is 4.23. The highest BCUT2D eigenvalue weighted by Crippen LogP contribution is 2.17. The zero-order valence-corrected chi connectivity index (χ0v) is 19.8. The van der Waals surface area contributed by atoms with E-state index in [4.69, 9.17) is 23.7 Å². The maximum absolute atomic E-state index is 12.2. The van der Waals surface area contributed by atoms with Crippen LogP contribution in [0.2, 0.25) is 0 Å². The van der Waals surface area contributed by atoms with Gasteiger partial charge in [-0.1, -0.05) is 12.1 Å². The van der Waals surface area contributed by atoms with Gasteiger partial charge in [0.15, 0.2) is 0 Å². The predicted molar refractivity (Wildman–Crippen MR) is 119 cm³/mol. The van der Waals surface area contributed by atoms with Crippen molar-refractivity contribution in [3.05, 3.63) is 29.8 Å². The van der Waals surface area contributed by atoms with Crippen LogP contribution in [0.25, 0.3) is 0 Å². The third kappa shape index (κ3) is 11.9. The fourth-order valence-corrected chi connectivity index (χ4v) is 2.60. The van der Waals surface area contributed by atoms with E-state index >= 15 is 0 Å². The zero-order chi connectivity index (χ0) is 24.0. The molecule has 1 aromatic carbocycles. The molecule has 182 valence electrons. The Balaban J connectivity index is 2.38. The molecule has 0 aliphatic heterocycles. The molecule has 32 heavy (non-hydrogen) atoms. The van der Waals surface area contributed by atoms with Gasteiger partial charge in [0.25, 0.3) is 0 Å². The van der Waals surface area contributed by atoms with Crippen LogP contribution in [-0.2, 0) is 30.2 Å². The summed E-state index contributed by atoms with van der Waals surface area (Å²) in [6, 6.07) is 6.04. The molecule has 0 spiro atoms. The Hall–Kier alpha value is -2.36. The van der Waals surface area contributed by atoms with Gasteiger partial charge < -0.3 is 28.8 Å². The second kappa shape index (κ2) is 14.7. The number of hydrogen-bond acceptors (Lipinski definition) is 7. The maximum Gasteiger partial charge on any atom is 0.410 e. The van der Waals surface area contributed by atoms with Crippen LogP contribution in [0.4, 0.5) is 4.79 Å². The number of carboxylic acid groups (broad SMARTS) is 1. The van der Waals surface area contributed by atoms with Gasteiger partial charge in [-0.25, -0.2) is 9.59 Å². The minimum absolute atomic E-state index is 0.151. The summed E-state index contributed by atoms with van der Waals surface area (Å²) in [5.41, 5.74) is 0.0638. The van der Waals surface area contributed by atoms with Crippen molar-refractivity contribution in [3.63, 3.8) is 0 Å². The first kappa shape index (κ1) is 27.7. The minimum atomic E-state index is -1.10. The molecule has 1 amide bonds. The van der Waals surface area contributed by atoms with Crippen LogP contribution < -0.4 is 4.74 Å². The van der Waals surface area contributed by atoms with Gasteiger partial charge in [0.1, 0.15) is 24.0 Å². The monoisotopic (exact) mass is 455 g/mol. The smallest absolute Gasteiger partial charge is 0.410 e. The number of aliphatic carboxylic acids is 1. The van der Waals surface area contributed by atoms with Crippen molar-refractivity contribution in [2.24, 2.45) is 0 Å². The van der Waals surface area contributed by atoms with E-state index in [1.165, 1.54) is 7.05 Å². The second-order valence-corrected chi connectivity index (χ2v) is 8.06. The van der Waals surface area contributed by atoms with Crippen molar-refractivity contribution >= 4 is 12.1 Å². The van der Waals surface area contributed by atoms with E-state index in [9.17, 15) is 14.7 Å². The molecule has 0 saturated heterocycles. The molecule has 0 heterocycles. The standard InChI is InChI=1S/C23H37NO8/c1-6-28-11-12-29-13-14-30-15-16-31-19-9-7-18(8-10-19)17-20(21(25)26)24(5)22(27)32-23(2,3)4/h7-10,20H,6,11-17H2,1-5H3,(H,25,26). The third-order valence-electron chi connectivity index (χ3n) is 4.23. The number of carbonyl (C=O) groups is 2. The Morgan fingerprint density at radius 3 is 1.97 bits per heavy atom. The molecule has 0 radical (unpaired) electrons. The van der Waals surface area contributed by atoms with Gasteiger partial charge in [0.2, 0.25) is 0 Å². The average molecular weight is 456 g/mol. The van der Waals surface area contributed by atoms with Crippen LogP contribution in [0.5, 0.6) is 5.75 Å². The topological polar surface area (TPSA) is 104 Å². The Kier molecular flexibility index (Phi) is 12.7. The summed E-state index contributed by atoms with van der Waals surface area (Å²) < 4.78 is 26.9. The van der Waals surface area contributed by atoms with Crippen molar-refractivity contribution in [2.75, 3.05) is 53.3 Å². The molecule has 9 heteroatoms. The molecule has 0 aliphatic carbocycles. The van der Waals surface area contributed by atoms with Gasteiger partial charge in [0.05, 0.1) is 33.0 Å². The first-order valence-corrected chi connectivity index (χ1v) is 10.8. The van der Waals surface area contributed by atoms with Gasteiger partial charge in [-0.2, -0.15) is 0 Å². The van der Waals surface area contributed by atoms with Crippen molar-refractivity contribution in [2.45, 2.75) is 45.8 Å². The predicted octanol–water partition coefficient (Wildman–Crippen LogP) is 3.00. The molecule has 1 rings (SSSR count). The van der Waals surface area contributed by atoms with Gasteiger partial charge in [-0.05, 0) is 45.4 Å². The lowest BCUT2D eigenvalue weighted by Crippen LogP contribution is -2.46. The fourth-order valence-electron chi connectivity index (χ4n) is 2.60. The lowest BCUT2D eigenvalue weighted by molar-refractivity contribution is -0.142. The van der Waals surface area contributed by atoms with Gasteiger partial charge in [0, 0.05) is 20.1 Å². The second-order valence-electron chi connectivity index (χ2n) is 8.06. The van der Waals surface area contributed by atoms with Crippen molar-refractivity contribution in [3.8, 4) is 5.75 Å². The number of likely N-dealkylation sites (N-methyl/N-ethyl adjacent to an activating group) is 1. The van der Waals surface area contributed by atoms with E-state index in [-0.39, 0.29) is 6.42 Å². The lowest BCUT2D eigenvalue weighted by atomic mass is 10.1. The summed E-state index contributed by atoms with van der Waals surface area (Å²) in [6.45, 7) is 10.8. The molecule has 1 N–H and O–H groups in total. The van der Waals surface area contributed by atoms with Crippen LogP contribution in [0.1, 0.15) is 33.3 Å². The highest BCUT2D eigenvalue weighted by Gasteiger charge is 2.30. The van der Waals surface area contributed by atoms with Crippen molar-refractivity contribution in [1.29, 1.82) is 0 Å². The van der Waals surface area contributed by atoms with E-state index in [0.29, 0.717) is 52.0 Å². The minimum Gasteiger partial charge on any atom is -0.491 e. The molecule has 1 aromatic rings. The Morgan fingerprint density at radius 1 is 0.938 bits per heavy atom. The highest BCUT2D eigenvalue weighted by atomic mass is 16.6. The summed E-state index contributed by atoms with van der Waals surface area (Å²) in [5, 5.41) is 9.56. The molecule has 1 unspecified atom stereocenters. The van der Waals surface area contributed by atoms with Gasteiger partial charge in [-0.15, -0.1) is 0 Å². The van der Waals surface area contributed by atoms with Gasteiger partial charge in [-0.3, -0.25) is 4.90 Å². The largest absolute Gasteiger partial charge is 0.491 e. The lowest BCUT2D eigenvalue weighted by Gasteiger charge is -2.28. The fraction of sp³-hybridized carbons (Fsp3) is 0.652. The van der Waals surface area contributed by atoms with Crippen molar-refractivity contribution in [1.82, 2.24) is 4.90 Å². The Labute approximate surface area is 190 Å². The average Bonchev–Trinajstić information content (AvgIpc) is 2.72. The quantitative estimate of drug-likeness (QED) is 0.403. The van der Waals surface area contributed by atoms with Crippen LogP contribution in [0, 0.1) is 0 Å². The molecule has 1 atom stereocenters. The molecule has 0 saturated carbocycles.